The number of aromatic nitrogens is 2. The normalized spacial score (nSPS) is 20.4. The smallest absolute Gasteiger partial charge is 0.270 e. The van der Waals surface area contributed by atoms with Crippen LogP contribution in [0.15, 0.2) is 57.1 Å². The number of allylic oxidation sites excluding steroid dienone is 2. The first-order valence-electron chi connectivity index (χ1n) is 9.69. The van der Waals surface area contributed by atoms with E-state index in [2.05, 4.69) is 15.5 Å². The second kappa shape index (κ2) is 6.98. The number of furan rings is 1. The topological polar surface area (TPSA) is 109 Å². The van der Waals surface area contributed by atoms with Crippen molar-refractivity contribution in [2.45, 2.75) is 24.7 Å². The minimum Gasteiger partial charge on any atom is -0.493 e. The number of fused-ring (bicyclic) bond motifs is 1. The number of nitrogens with one attached hydrogen (secondary N) is 3. The molecule has 1 aliphatic carbocycles. The molecule has 0 fully saturated rings. The first-order valence-corrected chi connectivity index (χ1v) is 9.69. The highest BCUT2D eigenvalue weighted by molar-refractivity contribution is 6.01. The SMILES string of the molecule is COc1ccc([C@H]2CC(=O)C3=C(C2)Nc2[nH][nH]c(=O)c2[C@H]3c2ccco2)cc1OC. The predicted octanol–water partition coefficient (Wildman–Crippen LogP) is 3.27. The molecular formula is C22H21N3O5. The van der Waals surface area contributed by atoms with Gasteiger partial charge >= 0.3 is 0 Å². The maximum absolute atomic E-state index is 13.3. The zero-order valence-electron chi connectivity index (χ0n) is 16.6. The molecule has 0 saturated carbocycles. The highest BCUT2D eigenvalue weighted by Crippen LogP contribution is 2.47. The lowest BCUT2D eigenvalue weighted by Crippen LogP contribution is -2.31. The number of rotatable bonds is 4. The molecule has 1 aliphatic heterocycles. The summed E-state index contributed by atoms with van der Waals surface area (Å²) in [5.74, 6) is 1.87. The Morgan fingerprint density at radius 1 is 1.03 bits per heavy atom. The minimum absolute atomic E-state index is 0.00353. The number of aromatic amines is 2. The lowest BCUT2D eigenvalue weighted by Gasteiger charge is -2.33. The van der Waals surface area contributed by atoms with Gasteiger partial charge in [-0.15, -0.1) is 0 Å². The van der Waals surface area contributed by atoms with Crippen LogP contribution in [0.25, 0.3) is 0 Å². The van der Waals surface area contributed by atoms with E-state index < -0.39 is 5.92 Å². The molecule has 0 spiro atoms. The molecule has 2 aromatic heterocycles. The van der Waals surface area contributed by atoms with Crippen molar-refractivity contribution in [1.82, 2.24) is 10.2 Å². The maximum atomic E-state index is 13.3. The molecular weight excluding hydrogens is 386 g/mol. The lowest BCUT2D eigenvalue weighted by atomic mass is 9.74. The number of ether oxygens (including phenoxy) is 2. The Kier molecular flexibility index (Phi) is 4.27. The van der Waals surface area contributed by atoms with E-state index in [9.17, 15) is 9.59 Å². The third kappa shape index (κ3) is 2.75. The highest BCUT2D eigenvalue weighted by Gasteiger charge is 2.41. The molecule has 5 rings (SSSR count). The molecule has 3 N–H and O–H groups in total. The summed E-state index contributed by atoms with van der Waals surface area (Å²) in [4.78, 5) is 25.8. The molecule has 3 heterocycles. The monoisotopic (exact) mass is 407 g/mol. The number of hydrogen-bond acceptors (Lipinski definition) is 6. The van der Waals surface area contributed by atoms with Gasteiger partial charge in [-0.25, -0.2) is 0 Å². The van der Waals surface area contributed by atoms with Crippen LogP contribution in [0.4, 0.5) is 5.82 Å². The third-order valence-corrected chi connectivity index (χ3v) is 5.88. The molecule has 2 aliphatic rings. The van der Waals surface area contributed by atoms with Crippen LogP contribution in [0.5, 0.6) is 11.5 Å². The summed E-state index contributed by atoms with van der Waals surface area (Å²) in [6.45, 7) is 0. The molecule has 154 valence electrons. The molecule has 8 heteroatoms. The van der Waals surface area contributed by atoms with Crippen molar-refractivity contribution < 1.29 is 18.7 Å². The fourth-order valence-electron chi connectivity index (χ4n) is 4.50. The fourth-order valence-corrected chi connectivity index (χ4v) is 4.50. The Bertz CT molecular complexity index is 1200. The van der Waals surface area contributed by atoms with Crippen LogP contribution < -0.4 is 20.3 Å². The van der Waals surface area contributed by atoms with E-state index in [0.29, 0.717) is 47.1 Å². The van der Waals surface area contributed by atoms with Gasteiger partial charge in [0.1, 0.15) is 11.6 Å². The van der Waals surface area contributed by atoms with E-state index in [1.54, 1.807) is 32.6 Å². The van der Waals surface area contributed by atoms with Crippen LogP contribution in [0, 0.1) is 0 Å². The van der Waals surface area contributed by atoms with Crippen molar-refractivity contribution in [3.8, 4) is 11.5 Å². The van der Waals surface area contributed by atoms with Gasteiger partial charge in [0.25, 0.3) is 5.56 Å². The van der Waals surface area contributed by atoms with Gasteiger partial charge in [0, 0.05) is 17.7 Å². The summed E-state index contributed by atoms with van der Waals surface area (Å²) in [6.07, 6.45) is 2.52. The van der Waals surface area contributed by atoms with Crippen molar-refractivity contribution in [3.63, 3.8) is 0 Å². The maximum Gasteiger partial charge on any atom is 0.270 e. The van der Waals surface area contributed by atoms with Gasteiger partial charge < -0.3 is 19.2 Å². The van der Waals surface area contributed by atoms with Crippen LogP contribution in [0.2, 0.25) is 0 Å². The van der Waals surface area contributed by atoms with Crippen molar-refractivity contribution in [1.29, 1.82) is 0 Å². The quantitative estimate of drug-likeness (QED) is 0.612. The van der Waals surface area contributed by atoms with Crippen molar-refractivity contribution in [2.75, 3.05) is 19.5 Å². The molecule has 0 radical (unpaired) electrons. The summed E-state index contributed by atoms with van der Waals surface area (Å²) in [5, 5.41) is 8.76. The van der Waals surface area contributed by atoms with Gasteiger partial charge in [-0.05, 0) is 42.2 Å². The summed E-state index contributed by atoms with van der Waals surface area (Å²) < 4.78 is 16.4. The highest BCUT2D eigenvalue weighted by atomic mass is 16.5. The average molecular weight is 407 g/mol. The first kappa shape index (κ1) is 18.4. The van der Waals surface area contributed by atoms with Gasteiger partial charge in [-0.3, -0.25) is 19.8 Å². The van der Waals surface area contributed by atoms with E-state index >= 15 is 0 Å². The van der Waals surface area contributed by atoms with Gasteiger partial charge in [0.2, 0.25) is 0 Å². The molecule has 0 unspecified atom stereocenters. The van der Waals surface area contributed by atoms with Crippen LogP contribution in [0.3, 0.4) is 0 Å². The standard InChI is InChI=1S/C22H21N3O5/c1-28-15-6-5-11(10-17(15)29-2)12-8-13-18(14(26)9-12)19(16-4-3-7-30-16)20-21(23-13)24-25-22(20)27/h3-7,10,12,19H,8-9H2,1-2H3,(H3,23,24,25,27)/t12-,19+/m1/s1. The molecule has 0 bridgehead atoms. The number of carbonyl (C=O) groups is 1. The predicted molar refractivity (Wildman–Crippen MR) is 109 cm³/mol. The van der Waals surface area contributed by atoms with E-state index in [1.807, 2.05) is 18.2 Å². The van der Waals surface area contributed by atoms with E-state index in [0.717, 1.165) is 11.3 Å². The fraction of sp³-hybridized carbons (Fsp3) is 0.273. The largest absolute Gasteiger partial charge is 0.493 e. The molecule has 3 aromatic rings. The number of benzene rings is 1. The summed E-state index contributed by atoms with van der Waals surface area (Å²) in [5.41, 5.74) is 2.61. The number of anilines is 1. The molecule has 2 atom stereocenters. The number of carbonyl (C=O) groups excluding carboxylic acids is 1. The molecule has 1 aromatic carbocycles. The third-order valence-electron chi connectivity index (χ3n) is 5.88. The van der Waals surface area contributed by atoms with Gasteiger partial charge in [-0.1, -0.05) is 6.07 Å². The van der Waals surface area contributed by atoms with E-state index in [4.69, 9.17) is 13.9 Å². The van der Waals surface area contributed by atoms with Crippen molar-refractivity contribution in [3.05, 3.63) is 75.1 Å². The van der Waals surface area contributed by atoms with E-state index in [1.165, 1.54) is 0 Å². The Hall–Kier alpha value is -3.68. The van der Waals surface area contributed by atoms with Crippen LogP contribution in [0.1, 0.15) is 41.6 Å². The Morgan fingerprint density at radius 2 is 1.87 bits per heavy atom. The number of Topliss-reactive ketones (excluding diaryl/α,β-unsaturated/α-hetero) is 1. The Balaban J connectivity index is 1.57. The second-order valence-corrected chi connectivity index (χ2v) is 7.48. The van der Waals surface area contributed by atoms with E-state index in [-0.39, 0.29) is 17.3 Å². The van der Waals surface area contributed by atoms with Gasteiger partial charge in [0.15, 0.2) is 17.3 Å². The summed E-state index contributed by atoms with van der Waals surface area (Å²) in [7, 11) is 3.18. The van der Waals surface area contributed by atoms with Crippen molar-refractivity contribution in [2.24, 2.45) is 0 Å². The number of H-pyrrole nitrogens is 2. The van der Waals surface area contributed by atoms with Gasteiger partial charge in [-0.2, -0.15) is 0 Å². The first-order chi connectivity index (χ1) is 14.6. The zero-order valence-corrected chi connectivity index (χ0v) is 16.6. The molecule has 8 nitrogen and oxygen atoms in total. The molecule has 0 saturated heterocycles. The van der Waals surface area contributed by atoms with Crippen molar-refractivity contribution >= 4 is 11.6 Å². The zero-order chi connectivity index (χ0) is 20.8. The second-order valence-electron chi connectivity index (χ2n) is 7.48. The summed E-state index contributed by atoms with van der Waals surface area (Å²) >= 11 is 0. The number of ketones is 1. The van der Waals surface area contributed by atoms with Crippen LogP contribution >= 0.6 is 0 Å². The Labute approximate surface area is 171 Å². The minimum atomic E-state index is -0.528. The lowest BCUT2D eigenvalue weighted by molar-refractivity contribution is -0.116. The molecule has 30 heavy (non-hydrogen) atoms. The number of hydrogen-bond donors (Lipinski definition) is 3. The van der Waals surface area contributed by atoms with Gasteiger partial charge in [0.05, 0.1) is 32.0 Å². The van der Waals surface area contributed by atoms with Crippen LogP contribution in [-0.2, 0) is 4.79 Å². The number of methoxy groups -OCH3 is 2. The Morgan fingerprint density at radius 3 is 2.60 bits per heavy atom. The van der Waals surface area contributed by atoms with Crippen LogP contribution in [-0.4, -0.2) is 30.2 Å². The summed E-state index contributed by atoms with van der Waals surface area (Å²) in [6, 6.07) is 9.28. The molecule has 0 amide bonds. The average Bonchev–Trinajstić information content (AvgIpc) is 3.42.